The lowest BCUT2D eigenvalue weighted by Gasteiger charge is -2.10. The quantitative estimate of drug-likeness (QED) is 0.772. The molecule has 0 bridgehead atoms. The standard InChI is InChI=1S/C12H15N3O2/c1-2-17-12(16)10(13)6-8-3-4-11-9(5-8)7-14-15-11/h3-5,7,10H,2,6,13H2,1H3,(H,14,15). The van der Waals surface area contributed by atoms with Crippen molar-refractivity contribution in [2.24, 2.45) is 5.73 Å². The first-order chi connectivity index (χ1) is 8.20. The zero-order valence-corrected chi connectivity index (χ0v) is 9.64. The van der Waals surface area contributed by atoms with E-state index in [1.807, 2.05) is 18.2 Å². The Hall–Kier alpha value is -1.88. The highest BCUT2D eigenvalue weighted by molar-refractivity contribution is 5.79. The average molecular weight is 233 g/mol. The van der Waals surface area contributed by atoms with Gasteiger partial charge >= 0.3 is 5.97 Å². The van der Waals surface area contributed by atoms with Crippen molar-refractivity contribution in [2.45, 2.75) is 19.4 Å². The minimum Gasteiger partial charge on any atom is -0.465 e. The largest absolute Gasteiger partial charge is 0.465 e. The van der Waals surface area contributed by atoms with E-state index in [4.69, 9.17) is 10.5 Å². The van der Waals surface area contributed by atoms with Gasteiger partial charge in [-0.2, -0.15) is 5.10 Å². The molecule has 5 heteroatoms. The second-order valence-corrected chi connectivity index (χ2v) is 3.85. The van der Waals surface area contributed by atoms with Gasteiger partial charge in [-0.3, -0.25) is 9.89 Å². The van der Waals surface area contributed by atoms with Gasteiger partial charge in [0.05, 0.1) is 18.3 Å². The second kappa shape index (κ2) is 4.97. The summed E-state index contributed by atoms with van der Waals surface area (Å²) in [7, 11) is 0. The molecule has 1 heterocycles. The number of H-pyrrole nitrogens is 1. The molecule has 2 aromatic rings. The van der Waals surface area contributed by atoms with E-state index in [9.17, 15) is 4.79 Å². The predicted octanol–water partition coefficient (Wildman–Crippen LogP) is 0.996. The number of benzene rings is 1. The molecule has 1 unspecified atom stereocenters. The summed E-state index contributed by atoms with van der Waals surface area (Å²) in [5.74, 6) is -0.361. The Morgan fingerprint density at radius 2 is 2.41 bits per heavy atom. The third-order valence-electron chi connectivity index (χ3n) is 2.55. The summed E-state index contributed by atoms with van der Waals surface area (Å²) in [5.41, 5.74) is 7.73. The number of hydrogen-bond donors (Lipinski definition) is 2. The summed E-state index contributed by atoms with van der Waals surface area (Å²) in [6.07, 6.45) is 2.22. The van der Waals surface area contributed by atoms with Crippen LogP contribution in [-0.4, -0.2) is 28.8 Å². The van der Waals surface area contributed by atoms with Gasteiger partial charge in [0.2, 0.25) is 0 Å². The molecule has 17 heavy (non-hydrogen) atoms. The maximum absolute atomic E-state index is 11.4. The SMILES string of the molecule is CCOC(=O)C(N)Cc1ccc2[nH]ncc2c1. The number of carbonyl (C=O) groups excluding carboxylic acids is 1. The molecule has 0 radical (unpaired) electrons. The number of aromatic nitrogens is 2. The van der Waals surface area contributed by atoms with Crippen LogP contribution in [0.4, 0.5) is 0 Å². The number of esters is 1. The summed E-state index contributed by atoms with van der Waals surface area (Å²) in [5, 5.41) is 7.82. The highest BCUT2D eigenvalue weighted by Crippen LogP contribution is 2.14. The van der Waals surface area contributed by atoms with Crippen LogP contribution >= 0.6 is 0 Å². The molecule has 0 spiro atoms. The molecule has 0 saturated carbocycles. The van der Waals surface area contributed by atoms with E-state index >= 15 is 0 Å². The van der Waals surface area contributed by atoms with Gasteiger partial charge in [0, 0.05) is 5.39 Å². The third-order valence-corrected chi connectivity index (χ3v) is 2.55. The summed E-state index contributed by atoms with van der Waals surface area (Å²) in [6, 6.07) is 5.21. The first kappa shape index (κ1) is 11.6. The van der Waals surface area contributed by atoms with E-state index in [0.717, 1.165) is 16.5 Å². The van der Waals surface area contributed by atoms with Crippen LogP contribution in [0.25, 0.3) is 10.9 Å². The first-order valence-electron chi connectivity index (χ1n) is 5.55. The van der Waals surface area contributed by atoms with E-state index < -0.39 is 6.04 Å². The summed E-state index contributed by atoms with van der Waals surface area (Å²) >= 11 is 0. The van der Waals surface area contributed by atoms with Gasteiger partial charge in [0.1, 0.15) is 6.04 Å². The van der Waals surface area contributed by atoms with Crippen molar-refractivity contribution in [1.29, 1.82) is 0 Å². The van der Waals surface area contributed by atoms with Crippen LogP contribution in [0.2, 0.25) is 0 Å². The molecule has 5 nitrogen and oxygen atoms in total. The number of rotatable bonds is 4. The van der Waals surface area contributed by atoms with Crippen LogP contribution in [0.5, 0.6) is 0 Å². The molecule has 2 rings (SSSR count). The maximum atomic E-state index is 11.4. The van der Waals surface area contributed by atoms with Crippen LogP contribution in [0.3, 0.4) is 0 Å². The smallest absolute Gasteiger partial charge is 0.323 e. The fourth-order valence-corrected chi connectivity index (χ4v) is 1.71. The molecule has 0 amide bonds. The molecule has 1 atom stereocenters. The van der Waals surface area contributed by atoms with E-state index in [0.29, 0.717) is 13.0 Å². The molecule has 0 aliphatic carbocycles. The first-order valence-corrected chi connectivity index (χ1v) is 5.55. The normalized spacial score (nSPS) is 12.6. The molecule has 90 valence electrons. The summed E-state index contributed by atoms with van der Waals surface area (Å²) in [6.45, 7) is 2.12. The monoisotopic (exact) mass is 233 g/mol. The fourth-order valence-electron chi connectivity index (χ4n) is 1.71. The highest BCUT2D eigenvalue weighted by atomic mass is 16.5. The minimum atomic E-state index is -0.612. The Bertz CT molecular complexity index is 521. The number of nitrogens with one attached hydrogen (secondary N) is 1. The Morgan fingerprint density at radius 1 is 1.59 bits per heavy atom. The summed E-state index contributed by atoms with van der Waals surface area (Å²) < 4.78 is 4.87. The van der Waals surface area contributed by atoms with Gasteiger partial charge in [-0.25, -0.2) is 0 Å². The molecule has 0 aliphatic heterocycles. The lowest BCUT2D eigenvalue weighted by Crippen LogP contribution is -2.34. The topological polar surface area (TPSA) is 81.0 Å². The zero-order chi connectivity index (χ0) is 12.3. The van der Waals surface area contributed by atoms with Crippen LogP contribution < -0.4 is 5.73 Å². The Kier molecular flexibility index (Phi) is 3.39. The van der Waals surface area contributed by atoms with Crippen molar-refractivity contribution >= 4 is 16.9 Å². The van der Waals surface area contributed by atoms with Crippen LogP contribution in [-0.2, 0) is 16.0 Å². The van der Waals surface area contributed by atoms with Crippen molar-refractivity contribution in [2.75, 3.05) is 6.61 Å². The number of nitrogens with two attached hydrogens (primary N) is 1. The number of ether oxygens (including phenoxy) is 1. The van der Waals surface area contributed by atoms with Gasteiger partial charge in [-0.15, -0.1) is 0 Å². The number of fused-ring (bicyclic) bond motifs is 1. The molecule has 1 aromatic heterocycles. The molecule has 3 N–H and O–H groups in total. The van der Waals surface area contributed by atoms with Crippen molar-refractivity contribution in [3.63, 3.8) is 0 Å². The lowest BCUT2D eigenvalue weighted by atomic mass is 10.1. The van der Waals surface area contributed by atoms with Crippen LogP contribution in [0.15, 0.2) is 24.4 Å². The Labute approximate surface area is 98.9 Å². The number of nitrogens with zero attached hydrogens (tertiary/aromatic N) is 1. The van der Waals surface area contributed by atoms with Gasteiger partial charge in [0.25, 0.3) is 0 Å². The van der Waals surface area contributed by atoms with E-state index in [-0.39, 0.29) is 5.97 Å². The van der Waals surface area contributed by atoms with Crippen LogP contribution in [0, 0.1) is 0 Å². The van der Waals surface area contributed by atoms with E-state index in [1.54, 1.807) is 13.1 Å². The van der Waals surface area contributed by atoms with Crippen molar-refractivity contribution in [3.05, 3.63) is 30.0 Å². The fraction of sp³-hybridized carbons (Fsp3) is 0.333. The lowest BCUT2D eigenvalue weighted by molar-refractivity contribution is -0.144. The molecule has 0 aliphatic rings. The van der Waals surface area contributed by atoms with Gasteiger partial charge in [0.15, 0.2) is 0 Å². The number of aromatic amines is 1. The molecule has 0 saturated heterocycles. The van der Waals surface area contributed by atoms with Gasteiger partial charge < -0.3 is 10.5 Å². The molecular weight excluding hydrogens is 218 g/mol. The number of carbonyl (C=O) groups is 1. The molecule has 0 fully saturated rings. The minimum absolute atomic E-state index is 0.354. The van der Waals surface area contributed by atoms with Crippen molar-refractivity contribution in [3.8, 4) is 0 Å². The zero-order valence-electron chi connectivity index (χ0n) is 9.64. The van der Waals surface area contributed by atoms with Gasteiger partial charge in [-0.1, -0.05) is 6.07 Å². The van der Waals surface area contributed by atoms with Crippen molar-refractivity contribution in [1.82, 2.24) is 10.2 Å². The van der Waals surface area contributed by atoms with E-state index in [1.165, 1.54) is 0 Å². The third kappa shape index (κ3) is 2.62. The Morgan fingerprint density at radius 3 is 3.18 bits per heavy atom. The highest BCUT2D eigenvalue weighted by Gasteiger charge is 2.15. The predicted molar refractivity (Wildman–Crippen MR) is 64.4 cm³/mol. The second-order valence-electron chi connectivity index (χ2n) is 3.85. The average Bonchev–Trinajstić information content (AvgIpc) is 2.76. The molecular formula is C12H15N3O2. The number of hydrogen-bond acceptors (Lipinski definition) is 4. The van der Waals surface area contributed by atoms with Crippen LogP contribution in [0.1, 0.15) is 12.5 Å². The van der Waals surface area contributed by atoms with E-state index in [2.05, 4.69) is 10.2 Å². The molecule has 1 aromatic carbocycles. The summed E-state index contributed by atoms with van der Waals surface area (Å²) in [4.78, 5) is 11.4. The van der Waals surface area contributed by atoms with Crippen molar-refractivity contribution < 1.29 is 9.53 Å². The Balaban J connectivity index is 2.09. The van der Waals surface area contributed by atoms with Gasteiger partial charge in [-0.05, 0) is 31.0 Å². The maximum Gasteiger partial charge on any atom is 0.323 e.